The predicted octanol–water partition coefficient (Wildman–Crippen LogP) is 14.0. The summed E-state index contributed by atoms with van der Waals surface area (Å²) in [4.78, 5) is 0. The van der Waals surface area contributed by atoms with Gasteiger partial charge in [0.2, 0.25) is 6.71 Å². The third kappa shape index (κ3) is 3.77. The largest absolute Gasteiger partial charge is 0.244 e. The van der Waals surface area contributed by atoms with Crippen LogP contribution in [-0.4, -0.2) is 6.71 Å². The molecule has 2 heterocycles. The van der Waals surface area contributed by atoms with E-state index in [0.717, 1.165) is 0 Å². The summed E-state index contributed by atoms with van der Waals surface area (Å²) in [6.07, 6.45) is 0. The molecule has 0 radical (unpaired) electrons. The summed E-state index contributed by atoms with van der Waals surface area (Å²) in [5, 5.41) is 5.94. The van der Waals surface area contributed by atoms with Gasteiger partial charge in [-0.05, 0) is 157 Å². The molecular weight excluding hydrogens is 768 g/mol. The van der Waals surface area contributed by atoms with Gasteiger partial charge in [-0.3, -0.25) is 0 Å². The summed E-state index contributed by atoms with van der Waals surface area (Å²) in [5.74, 6) is 0. The smallest absolute Gasteiger partial charge is 0.0619 e. The third-order valence-electron chi connectivity index (χ3n) is 17.7. The Labute approximate surface area is 377 Å². The number of hydrogen-bond donors (Lipinski definition) is 0. The summed E-state index contributed by atoms with van der Waals surface area (Å²) in [5.41, 5.74) is 33.7. The minimum atomic E-state index is -0.170. The van der Waals surface area contributed by atoms with Gasteiger partial charge in [-0.15, -0.1) is 0 Å². The lowest BCUT2D eigenvalue weighted by molar-refractivity contribution is 0.650. The van der Waals surface area contributed by atoms with E-state index in [1.807, 2.05) is 0 Å². The molecule has 1 heteroatoms. The Balaban J connectivity index is 1.19. The van der Waals surface area contributed by atoms with Crippen LogP contribution in [0.15, 0.2) is 133 Å². The normalized spacial score (nSPS) is 17.6. The zero-order chi connectivity index (χ0) is 43.3. The van der Waals surface area contributed by atoms with Crippen molar-refractivity contribution < 1.29 is 0 Å². The van der Waals surface area contributed by atoms with E-state index in [4.69, 9.17) is 0 Å². The number of benzene rings is 9. The third-order valence-corrected chi connectivity index (χ3v) is 17.7. The maximum atomic E-state index is 2.70. The first kappa shape index (κ1) is 36.0. The fraction of sp³-hybridized carbons (Fsp3) is 0.206. The van der Waals surface area contributed by atoms with Crippen molar-refractivity contribution in [3.63, 3.8) is 0 Å². The van der Waals surface area contributed by atoms with Gasteiger partial charge in [0.25, 0.3) is 0 Å². The number of hydrogen-bond acceptors (Lipinski definition) is 0. The van der Waals surface area contributed by atoms with Crippen LogP contribution in [0.3, 0.4) is 0 Å². The Bertz CT molecular complexity index is 3520. The van der Waals surface area contributed by atoms with Gasteiger partial charge in [0.05, 0.1) is 0 Å². The Hall–Kier alpha value is -6.44. The maximum absolute atomic E-state index is 2.70. The predicted molar refractivity (Wildman–Crippen MR) is 272 cm³/mol. The summed E-state index contributed by atoms with van der Waals surface area (Å²) in [6.45, 7) is 22.4. The molecule has 0 nitrogen and oxygen atoms in total. The van der Waals surface area contributed by atoms with Crippen molar-refractivity contribution in [1.29, 1.82) is 0 Å². The Morgan fingerprint density at radius 1 is 0.297 bits per heavy atom. The lowest BCUT2D eigenvalue weighted by Crippen LogP contribution is -2.57. The van der Waals surface area contributed by atoms with E-state index in [1.165, 1.54) is 155 Å². The molecule has 0 bridgehead atoms. The molecule has 9 aromatic rings. The van der Waals surface area contributed by atoms with Crippen LogP contribution in [-0.2, 0) is 21.7 Å². The van der Waals surface area contributed by atoms with Crippen molar-refractivity contribution in [2.24, 2.45) is 0 Å². The van der Waals surface area contributed by atoms with Gasteiger partial charge in [0, 0.05) is 21.7 Å². The van der Waals surface area contributed by atoms with Crippen molar-refractivity contribution in [3.05, 3.63) is 184 Å². The van der Waals surface area contributed by atoms with Crippen LogP contribution in [0.25, 0.3) is 88.3 Å². The highest BCUT2D eigenvalue weighted by Crippen LogP contribution is 2.62. The highest BCUT2D eigenvalue weighted by molar-refractivity contribution is 7.01. The first-order valence-corrected chi connectivity index (χ1v) is 23.6. The Morgan fingerprint density at radius 3 is 0.922 bits per heavy atom. The quantitative estimate of drug-likeness (QED) is 0.134. The lowest BCUT2D eigenvalue weighted by atomic mass is 9.30. The zero-order valence-electron chi connectivity index (χ0n) is 38.3. The van der Waals surface area contributed by atoms with E-state index in [0.29, 0.717) is 0 Å². The highest BCUT2D eigenvalue weighted by Gasteiger charge is 2.50. The second kappa shape index (κ2) is 10.9. The average molecular weight is 817 g/mol. The molecule has 4 aliphatic carbocycles. The van der Waals surface area contributed by atoms with Crippen molar-refractivity contribution in [1.82, 2.24) is 0 Å². The molecule has 0 saturated carbocycles. The van der Waals surface area contributed by atoms with Gasteiger partial charge < -0.3 is 0 Å². The monoisotopic (exact) mass is 816 g/mol. The minimum Gasteiger partial charge on any atom is -0.0619 e. The van der Waals surface area contributed by atoms with E-state index in [9.17, 15) is 0 Å². The molecule has 0 spiro atoms. The fourth-order valence-electron chi connectivity index (χ4n) is 15.3. The lowest BCUT2D eigenvalue weighted by Gasteiger charge is -2.39. The number of aryl methyl sites for hydroxylation is 1. The molecule has 9 aromatic carbocycles. The molecule has 6 aliphatic rings. The second-order valence-corrected chi connectivity index (χ2v) is 22.4. The van der Waals surface area contributed by atoms with Crippen molar-refractivity contribution in [3.8, 4) is 66.8 Å². The minimum absolute atomic E-state index is 0.0628. The van der Waals surface area contributed by atoms with Gasteiger partial charge >= 0.3 is 0 Å². The first-order chi connectivity index (χ1) is 30.7. The number of rotatable bonds is 0. The molecule has 0 saturated heterocycles. The fourth-order valence-corrected chi connectivity index (χ4v) is 15.3. The van der Waals surface area contributed by atoms with Crippen molar-refractivity contribution in [2.75, 3.05) is 0 Å². The molecule has 0 unspecified atom stereocenters. The Kier molecular flexibility index (Phi) is 6.13. The maximum Gasteiger partial charge on any atom is 0.244 e. The van der Waals surface area contributed by atoms with Gasteiger partial charge in [-0.2, -0.15) is 0 Å². The van der Waals surface area contributed by atoms with Crippen LogP contribution in [0, 0.1) is 6.92 Å². The van der Waals surface area contributed by atoms with E-state index in [-0.39, 0.29) is 28.4 Å². The molecule has 304 valence electrons. The molecule has 0 atom stereocenters. The first-order valence-electron chi connectivity index (χ1n) is 23.6. The van der Waals surface area contributed by atoms with E-state index in [1.54, 1.807) is 0 Å². The summed E-state index contributed by atoms with van der Waals surface area (Å²) in [6, 6.07) is 53.0. The molecule has 0 amide bonds. The van der Waals surface area contributed by atoms with Crippen LogP contribution in [0.4, 0.5) is 0 Å². The van der Waals surface area contributed by atoms with E-state index >= 15 is 0 Å². The standard InChI is InChI=1S/C63H49B/c1-32-26-43-37-28-39-33-18-10-14-22-45(33)60(2,3)55(39)53-51(37)49(30-41-35-20-12-16-24-47(35)62(6,7)57(41)53)64-50-31-42-36-21-13-17-25-48(36)63(8,9)58(42)54-52(50)38(44(27-32)59(43)64)29-40-34-19-11-15-23-46(34)61(4,5)56(40)54/h10-31H,1-9H3. The van der Waals surface area contributed by atoms with Gasteiger partial charge in [-0.25, -0.2) is 0 Å². The van der Waals surface area contributed by atoms with Crippen LogP contribution in [0.5, 0.6) is 0 Å². The van der Waals surface area contributed by atoms with Crippen LogP contribution < -0.4 is 16.4 Å². The van der Waals surface area contributed by atoms with Crippen LogP contribution in [0.1, 0.15) is 105 Å². The van der Waals surface area contributed by atoms with Crippen molar-refractivity contribution >= 4 is 44.6 Å². The van der Waals surface area contributed by atoms with Crippen LogP contribution in [0.2, 0.25) is 0 Å². The topological polar surface area (TPSA) is 0 Å². The van der Waals surface area contributed by atoms with Crippen LogP contribution >= 0.6 is 0 Å². The molecule has 2 aliphatic heterocycles. The zero-order valence-corrected chi connectivity index (χ0v) is 38.3. The van der Waals surface area contributed by atoms with Gasteiger partial charge in [-0.1, -0.05) is 193 Å². The summed E-state index contributed by atoms with van der Waals surface area (Å²) < 4.78 is 0. The second-order valence-electron chi connectivity index (χ2n) is 22.4. The molecule has 64 heavy (non-hydrogen) atoms. The van der Waals surface area contributed by atoms with E-state index < -0.39 is 0 Å². The molecule has 0 fully saturated rings. The van der Waals surface area contributed by atoms with Gasteiger partial charge in [0.1, 0.15) is 0 Å². The molecular formula is C63H49B. The summed E-state index contributed by atoms with van der Waals surface area (Å²) >= 11 is 0. The van der Waals surface area contributed by atoms with Gasteiger partial charge in [0.15, 0.2) is 0 Å². The molecule has 0 N–H and O–H groups in total. The summed E-state index contributed by atoms with van der Waals surface area (Å²) in [7, 11) is 0. The number of fused-ring (bicyclic) bond motifs is 20. The molecule has 0 aromatic heterocycles. The SMILES string of the molecule is Cc1cc2c3c(c1)-c1cc4c(c5c6c(cc(c15)B3c1cc3c(c5c7c(cc-2c15)-c1ccccc1C7(C)C)C(C)(C)c1ccccc1-3)-c1ccccc1C6(C)C)C(C)(C)c1ccccc1-4. The Morgan fingerprint density at radius 2 is 0.594 bits per heavy atom. The van der Waals surface area contributed by atoms with E-state index in [2.05, 4.69) is 196 Å². The highest BCUT2D eigenvalue weighted by atomic mass is 14.5. The molecule has 15 rings (SSSR count). The van der Waals surface area contributed by atoms with Crippen molar-refractivity contribution in [2.45, 2.75) is 84.0 Å². The average Bonchev–Trinajstić information content (AvgIpc) is 3.86.